The van der Waals surface area contributed by atoms with Crippen LogP contribution in [0.1, 0.15) is 37.7 Å². The maximum absolute atomic E-state index is 12.8. The molecule has 32 heavy (non-hydrogen) atoms. The molecule has 1 aromatic carbocycles. The Morgan fingerprint density at radius 1 is 1.25 bits per heavy atom. The SMILES string of the molecule is CCOc1cc([C@H]2C(C#N)=C(N)O[C@@H]3CCCC(=O)[C@H]23)ccc1OCCN1CCOCC1. The number of carbonyl (C=O) groups is 1. The van der Waals surface area contributed by atoms with Crippen LogP contribution in [0.25, 0.3) is 0 Å². The van der Waals surface area contributed by atoms with Gasteiger partial charge in [0.1, 0.15) is 24.6 Å². The highest BCUT2D eigenvalue weighted by atomic mass is 16.5. The first-order valence-electron chi connectivity index (χ1n) is 11.4. The topological polar surface area (TPSA) is 107 Å². The van der Waals surface area contributed by atoms with Crippen molar-refractivity contribution in [1.29, 1.82) is 5.26 Å². The fourth-order valence-corrected chi connectivity index (χ4v) is 4.84. The summed E-state index contributed by atoms with van der Waals surface area (Å²) < 4.78 is 23.1. The molecule has 2 heterocycles. The van der Waals surface area contributed by atoms with E-state index in [1.807, 2.05) is 25.1 Å². The quantitative estimate of drug-likeness (QED) is 0.687. The van der Waals surface area contributed by atoms with Crippen molar-refractivity contribution in [1.82, 2.24) is 4.90 Å². The molecule has 1 aliphatic carbocycles. The number of allylic oxidation sites excluding steroid dienone is 1. The maximum atomic E-state index is 12.8. The fraction of sp³-hybridized carbons (Fsp3) is 0.583. The van der Waals surface area contributed by atoms with Crippen LogP contribution in [0.5, 0.6) is 11.5 Å². The van der Waals surface area contributed by atoms with Gasteiger partial charge in [0.15, 0.2) is 17.4 Å². The Morgan fingerprint density at radius 2 is 2.06 bits per heavy atom. The van der Waals surface area contributed by atoms with E-state index in [4.69, 9.17) is 24.7 Å². The van der Waals surface area contributed by atoms with Crippen LogP contribution >= 0.6 is 0 Å². The number of fused-ring (bicyclic) bond motifs is 1. The maximum Gasteiger partial charge on any atom is 0.199 e. The van der Waals surface area contributed by atoms with E-state index in [2.05, 4.69) is 11.0 Å². The number of benzene rings is 1. The number of ether oxygens (including phenoxy) is 4. The van der Waals surface area contributed by atoms with Gasteiger partial charge in [0.2, 0.25) is 0 Å². The third-order valence-electron chi connectivity index (χ3n) is 6.41. The lowest BCUT2D eigenvalue weighted by molar-refractivity contribution is -0.132. The monoisotopic (exact) mass is 441 g/mol. The van der Waals surface area contributed by atoms with Crippen LogP contribution in [0.2, 0.25) is 0 Å². The molecule has 1 saturated carbocycles. The Labute approximate surface area is 188 Å². The van der Waals surface area contributed by atoms with E-state index in [0.29, 0.717) is 36.7 Å². The minimum Gasteiger partial charge on any atom is -0.490 e. The summed E-state index contributed by atoms with van der Waals surface area (Å²) in [4.78, 5) is 15.1. The average molecular weight is 442 g/mol. The van der Waals surface area contributed by atoms with Gasteiger partial charge in [-0.2, -0.15) is 5.26 Å². The lowest BCUT2D eigenvalue weighted by Gasteiger charge is -2.40. The molecule has 0 radical (unpaired) electrons. The number of nitrogens with two attached hydrogens (primary N) is 1. The van der Waals surface area contributed by atoms with Gasteiger partial charge < -0.3 is 24.7 Å². The summed E-state index contributed by atoms with van der Waals surface area (Å²) in [7, 11) is 0. The van der Waals surface area contributed by atoms with Crippen molar-refractivity contribution >= 4 is 5.78 Å². The first-order valence-corrected chi connectivity index (χ1v) is 11.4. The van der Waals surface area contributed by atoms with Crippen molar-refractivity contribution in [2.45, 2.75) is 38.2 Å². The van der Waals surface area contributed by atoms with Crippen LogP contribution in [0.3, 0.4) is 0 Å². The summed E-state index contributed by atoms with van der Waals surface area (Å²) in [6.07, 6.45) is 1.74. The van der Waals surface area contributed by atoms with Crippen molar-refractivity contribution in [3.8, 4) is 17.6 Å². The number of ketones is 1. The average Bonchev–Trinajstić information content (AvgIpc) is 2.80. The molecule has 1 aromatic rings. The fourth-order valence-electron chi connectivity index (χ4n) is 4.84. The Bertz CT molecular complexity index is 903. The van der Waals surface area contributed by atoms with E-state index in [0.717, 1.165) is 51.3 Å². The van der Waals surface area contributed by atoms with Gasteiger partial charge in [-0.25, -0.2) is 0 Å². The number of morpholine rings is 1. The molecule has 2 N–H and O–H groups in total. The smallest absolute Gasteiger partial charge is 0.199 e. The van der Waals surface area contributed by atoms with Crippen molar-refractivity contribution in [3.05, 3.63) is 35.2 Å². The predicted octanol–water partition coefficient (Wildman–Crippen LogP) is 2.34. The predicted molar refractivity (Wildman–Crippen MR) is 117 cm³/mol. The molecular weight excluding hydrogens is 410 g/mol. The van der Waals surface area contributed by atoms with Crippen molar-refractivity contribution in [3.63, 3.8) is 0 Å². The third kappa shape index (κ3) is 4.69. The minimum absolute atomic E-state index is 0.121. The molecule has 2 aliphatic heterocycles. The second kappa shape index (κ2) is 10.2. The number of Topliss-reactive ketones (excluding diaryl/α,β-unsaturated/α-hetero) is 1. The molecule has 0 amide bonds. The number of carbonyl (C=O) groups excluding carboxylic acids is 1. The van der Waals surface area contributed by atoms with E-state index in [9.17, 15) is 10.1 Å². The molecule has 172 valence electrons. The van der Waals surface area contributed by atoms with E-state index in [1.54, 1.807) is 0 Å². The lowest BCUT2D eigenvalue weighted by Crippen LogP contribution is -2.43. The van der Waals surface area contributed by atoms with Crippen molar-refractivity contribution in [2.24, 2.45) is 11.7 Å². The summed E-state index contributed by atoms with van der Waals surface area (Å²) >= 11 is 0. The molecule has 3 aliphatic rings. The molecule has 8 nitrogen and oxygen atoms in total. The molecule has 0 spiro atoms. The summed E-state index contributed by atoms with van der Waals surface area (Å²) in [6, 6.07) is 7.84. The zero-order valence-corrected chi connectivity index (χ0v) is 18.5. The number of hydrogen-bond donors (Lipinski definition) is 1. The van der Waals surface area contributed by atoms with Gasteiger partial charge in [-0.1, -0.05) is 6.07 Å². The van der Waals surface area contributed by atoms with Gasteiger partial charge >= 0.3 is 0 Å². The molecule has 4 rings (SSSR count). The molecule has 0 unspecified atom stereocenters. The zero-order chi connectivity index (χ0) is 22.5. The van der Waals surface area contributed by atoms with Crippen LogP contribution in [-0.2, 0) is 14.3 Å². The number of nitriles is 1. The Hall–Kier alpha value is -2.76. The first-order chi connectivity index (χ1) is 15.6. The molecule has 8 heteroatoms. The number of hydrogen-bond acceptors (Lipinski definition) is 8. The minimum atomic E-state index is -0.437. The van der Waals surface area contributed by atoms with E-state index in [-0.39, 0.29) is 17.8 Å². The first kappa shape index (κ1) is 22.4. The van der Waals surface area contributed by atoms with Gasteiger partial charge in [-0.15, -0.1) is 0 Å². The van der Waals surface area contributed by atoms with Crippen LogP contribution < -0.4 is 15.2 Å². The summed E-state index contributed by atoms with van der Waals surface area (Å²) in [5, 5.41) is 9.79. The van der Waals surface area contributed by atoms with Gasteiger partial charge in [0.25, 0.3) is 0 Å². The second-order valence-electron chi connectivity index (χ2n) is 8.35. The van der Waals surface area contributed by atoms with E-state index >= 15 is 0 Å². The number of nitrogens with zero attached hydrogens (tertiary/aromatic N) is 2. The summed E-state index contributed by atoms with van der Waals surface area (Å²) in [5.74, 6) is 0.654. The standard InChI is InChI=1S/C24H31N3O5/c1-2-30-21-14-16(6-7-19(21)31-13-10-27-8-11-29-12-9-27)22-17(15-25)24(26)32-20-5-3-4-18(28)23(20)22/h6-7,14,20,22-23H,2-5,8-13,26H2,1H3/t20-,22+,23+/m1/s1. The lowest BCUT2D eigenvalue weighted by atomic mass is 9.70. The zero-order valence-electron chi connectivity index (χ0n) is 18.5. The molecular formula is C24H31N3O5. The summed E-state index contributed by atoms with van der Waals surface area (Å²) in [5.41, 5.74) is 7.22. The normalized spacial score (nSPS) is 26.1. The largest absolute Gasteiger partial charge is 0.490 e. The Kier molecular flexibility index (Phi) is 7.18. The Morgan fingerprint density at radius 3 is 2.81 bits per heavy atom. The summed E-state index contributed by atoms with van der Waals surface area (Å²) in [6.45, 7) is 7.06. The van der Waals surface area contributed by atoms with Crippen LogP contribution in [0.15, 0.2) is 29.7 Å². The van der Waals surface area contributed by atoms with Crippen molar-refractivity contribution in [2.75, 3.05) is 46.1 Å². The van der Waals surface area contributed by atoms with Gasteiger partial charge in [0, 0.05) is 32.0 Å². The third-order valence-corrected chi connectivity index (χ3v) is 6.41. The van der Waals surface area contributed by atoms with Crippen LogP contribution in [-0.4, -0.2) is 62.8 Å². The van der Waals surface area contributed by atoms with Gasteiger partial charge in [-0.3, -0.25) is 9.69 Å². The Balaban J connectivity index is 1.57. The van der Waals surface area contributed by atoms with E-state index < -0.39 is 11.8 Å². The molecule has 2 fully saturated rings. The highest BCUT2D eigenvalue weighted by Gasteiger charge is 2.46. The van der Waals surface area contributed by atoms with Crippen LogP contribution in [0.4, 0.5) is 0 Å². The van der Waals surface area contributed by atoms with Gasteiger partial charge in [-0.05, 0) is 37.5 Å². The van der Waals surface area contributed by atoms with Crippen molar-refractivity contribution < 1.29 is 23.7 Å². The molecule has 0 bridgehead atoms. The van der Waals surface area contributed by atoms with E-state index in [1.165, 1.54) is 0 Å². The number of rotatable bonds is 7. The molecule has 3 atom stereocenters. The molecule has 0 aromatic heterocycles. The van der Waals surface area contributed by atoms with Crippen LogP contribution in [0, 0.1) is 17.2 Å². The van der Waals surface area contributed by atoms with Gasteiger partial charge in [0.05, 0.1) is 31.3 Å². The molecule has 1 saturated heterocycles. The second-order valence-corrected chi connectivity index (χ2v) is 8.35. The highest BCUT2D eigenvalue weighted by molar-refractivity contribution is 5.84. The highest BCUT2D eigenvalue weighted by Crippen LogP contribution is 2.46.